The molecule has 0 radical (unpaired) electrons. The molecule has 0 bridgehead atoms. The normalized spacial score (nSPS) is 11.9. The predicted molar refractivity (Wildman–Crippen MR) is 81.8 cm³/mol. The van der Waals surface area contributed by atoms with Crippen LogP contribution in [0.25, 0.3) is 0 Å². The number of ether oxygens (including phenoxy) is 1. The van der Waals surface area contributed by atoms with Gasteiger partial charge in [0.2, 0.25) is 0 Å². The molecule has 2 rings (SSSR count). The van der Waals surface area contributed by atoms with Crippen molar-refractivity contribution in [1.29, 1.82) is 0 Å². The standard InChI is InChI=1S/C17H20N2O2/c1-21-16(20)8-5-11-19-17(14-6-3-2-4-7-14)15-9-12-18-13-10-15/h2-4,6-7,9-10,12-13,17,19H,5,8,11H2,1H3. The summed E-state index contributed by atoms with van der Waals surface area (Å²) in [6.45, 7) is 0.747. The topological polar surface area (TPSA) is 51.2 Å². The van der Waals surface area contributed by atoms with Crippen molar-refractivity contribution in [2.75, 3.05) is 13.7 Å². The van der Waals surface area contributed by atoms with Crippen LogP contribution in [0.2, 0.25) is 0 Å². The minimum atomic E-state index is -0.169. The fourth-order valence-corrected chi connectivity index (χ4v) is 2.21. The number of carbonyl (C=O) groups excluding carboxylic acids is 1. The number of nitrogens with one attached hydrogen (secondary N) is 1. The molecule has 0 aliphatic heterocycles. The number of aromatic nitrogens is 1. The fourth-order valence-electron chi connectivity index (χ4n) is 2.21. The zero-order chi connectivity index (χ0) is 14.9. The Kier molecular flexibility index (Phi) is 5.91. The van der Waals surface area contributed by atoms with Crippen LogP contribution in [-0.2, 0) is 9.53 Å². The first-order chi connectivity index (χ1) is 10.3. The molecule has 0 saturated carbocycles. The summed E-state index contributed by atoms with van der Waals surface area (Å²) >= 11 is 0. The number of benzene rings is 1. The van der Waals surface area contributed by atoms with E-state index in [9.17, 15) is 4.79 Å². The van der Waals surface area contributed by atoms with E-state index in [1.54, 1.807) is 12.4 Å². The van der Waals surface area contributed by atoms with Crippen LogP contribution < -0.4 is 5.32 Å². The monoisotopic (exact) mass is 284 g/mol. The summed E-state index contributed by atoms with van der Waals surface area (Å²) in [5.41, 5.74) is 2.36. The third-order valence-corrected chi connectivity index (χ3v) is 3.31. The van der Waals surface area contributed by atoms with Crippen LogP contribution in [0.4, 0.5) is 0 Å². The second-order valence-corrected chi connectivity index (χ2v) is 4.76. The maximum atomic E-state index is 11.1. The van der Waals surface area contributed by atoms with Crippen molar-refractivity contribution in [2.24, 2.45) is 0 Å². The summed E-state index contributed by atoms with van der Waals surface area (Å²) in [6, 6.07) is 14.4. The molecule has 1 atom stereocenters. The smallest absolute Gasteiger partial charge is 0.305 e. The second kappa shape index (κ2) is 8.17. The van der Waals surface area contributed by atoms with Crippen LogP contribution in [0.15, 0.2) is 54.9 Å². The van der Waals surface area contributed by atoms with E-state index in [2.05, 4.69) is 27.2 Å². The summed E-state index contributed by atoms with van der Waals surface area (Å²) in [4.78, 5) is 15.2. The molecule has 4 heteroatoms. The van der Waals surface area contributed by atoms with Gasteiger partial charge in [0.1, 0.15) is 0 Å². The molecule has 4 nitrogen and oxygen atoms in total. The van der Waals surface area contributed by atoms with E-state index in [0.717, 1.165) is 18.5 Å². The van der Waals surface area contributed by atoms with E-state index in [1.807, 2.05) is 30.3 Å². The van der Waals surface area contributed by atoms with Gasteiger partial charge < -0.3 is 10.1 Å². The van der Waals surface area contributed by atoms with Gasteiger partial charge in [-0.3, -0.25) is 9.78 Å². The molecule has 1 heterocycles. The highest BCUT2D eigenvalue weighted by atomic mass is 16.5. The van der Waals surface area contributed by atoms with Crippen molar-refractivity contribution in [1.82, 2.24) is 10.3 Å². The fraction of sp³-hybridized carbons (Fsp3) is 0.294. The van der Waals surface area contributed by atoms with Crippen molar-refractivity contribution >= 4 is 5.97 Å². The Balaban J connectivity index is 2.02. The molecule has 1 unspecified atom stereocenters. The van der Waals surface area contributed by atoms with Gasteiger partial charge in [-0.2, -0.15) is 0 Å². The lowest BCUT2D eigenvalue weighted by Crippen LogP contribution is -2.24. The lowest BCUT2D eigenvalue weighted by molar-refractivity contribution is -0.140. The van der Waals surface area contributed by atoms with Gasteiger partial charge in [0.05, 0.1) is 13.2 Å². The minimum absolute atomic E-state index is 0.104. The molecule has 1 aromatic carbocycles. The number of carbonyl (C=O) groups is 1. The van der Waals surface area contributed by atoms with E-state index in [-0.39, 0.29) is 12.0 Å². The molecule has 1 N–H and O–H groups in total. The van der Waals surface area contributed by atoms with E-state index in [1.165, 1.54) is 12.7 Å². The first-order valence-electron chi connectivity index (χ1n) is 7.06. The molecule has 110 valence electrons. The van der Waals surface area contributed by atoms with Gasteiger partial charge in [-0.1, -0.05) is 30.3 Å². The Morgan fingerprint density at radius 2 is 1.81 bits per heavy atom. The van der Waals surface area contributed by atoms with Crippen molar-refractivity contribution < 1.29 is 9.53 Å². The molecular formula is C17H20N2O2. The minimum Gasteiger partial charge on any atom is -0.469 e. The van der Waals surface area contributed by atoms with Crippen molar-refractivity contribution in [3.05, 3.63) is 66.0 Å². The van der Waals surface area contributed by atoms with Gasteiger partial charge in [-0.05, 0) is 36.2 Å². The molecule has 0 aliphatic carbocycles. The van der Waals surface area contributed by atoms with Crippen LogP contribution in [0, 0.1) is 0 Å². The molecule has 0 fully saturated rings. The van der Waals surface area contributed by atoms with Crippen molar-refractivity contribution in [2.45, 2.75) is 18.9 Å². The Morgan fingerprint density at radius 1 is 1.14 bits per heavy atom. The van der Waals surface area contributed by atoms with Crippen LogP contribution in [0.5, 0.6) is 0 Å². The van der Waals surface area contributed by atoms with Gasteiger partial charge in [0, 0.05) is 18.8 Å². The third-order valence-electron chi connectivity index (χ3n) is 3.31. The number of esters is 1. The highest BCUT2D eigenvalue weighted by molar-refractivity contribution is 5.69. The quantitative estimate of drug-likeness (QED) is 0.627. The Labute approximate surface area is 125 Å². The van der Waals surface area contributed by atoms with E-state index in [0.29, 0.717) is 6.42 Å². The van der Waals surface area contributed by atoms with Crippen LogP contribution in [-0.4, -0.2) is 24.6 Å². The first kappa shape index (κ1) is 15.2. The van der Waals surface area contributed by atoms with Crippen LogP contribution in [0.3, 0.4) is 0 Å². The summed E-state index contributed by atoms with van der Waals surface area (Å²) in [7, 11) is 1.42. The van der Waals surface area contributed by atoms with Crippen molar-refractivity contribution in [3.8, 4) is 0 Å². The number of hydrogen-bond acceptors (Lipinski definition) is 4. The van der Waals surface area contributed by atoms with E-state index in [4.69, 9.17) is 0 Å². The van der Waals surface area contributed by atoms with Gasteiger partial charge in [-0.15, -0.1) is 0 Å². The van der Waals surface area contributed by atoms with Gasteiger partial charge >= 0.3 is 5.97 Å². The number of pyridine rings is 1. The molecule has 0 amide bonds. The lowest BCUT2D eigenvalue weighted by Gasteiger charge is -2.19. The zero-order valence-electron chi connectivity index (χ0n) is 12.2. The molecule has 0 saturated heterocycles. The number of methoxy groups -OCH3 is 1. The lowest BCUT2D eigenvalue weighted by atomic mass is 9.99. The van der Waals surface area contributed by atoms with Crippen LogP contribution in [0.1, 0.15) is 30.0 Å². The molecule has 1 aromatic heterocycles. The Morgan fingerprint density at radius 3 is 2.48 bits per heavy atom. The third kappa shape index (κ3) is 4.68. The summed E-state index contributed by atoms with van der Waals surface area (Å²) in [5, 5.41) is 3.50. The zero-order valence-corrected chi connectivity index (χ0v) is 12.2. The number of rotatable bonds is 7. The number of nitrogens with zero attached hydrogens (tertiary/aromatic N) is 1. The van der Waals surface area contributed by atoms with Gasteiger partial charge in [0.25, 0.3) is 0 Å². The summed E-state index contributed by atoms with van der Waals surface area (Å²) in [5.74, 6) is -0.169. The van der Waals surface area contributed by atoms with E-state index >= 15 is 0 Å². The van der Waals surface area contributed by atoms with Crippen LogP contribution >= 0.6 is 0 Å². The maximum Gasteiger partial charge on any atom is 0.305 e. The highest BCUT2D eigenvalue weighted by Crippen LogP contribution is 2.21. The molecule has 0 spiro atoms. The predicted octanol–water partition coefficient (Wildman–Crippen LogP) is 2.71. The van der Waals surface area contributed by atoms with Crippen molar-refractivity contribution in [3.63, 3.8) is 0 Å². The second-order valence-electron chi connectivity index (χ2n) is 4.76. The van der Waals surface area contributed by atoms with Gasteiger partial charge in [-0.25, -0.2) is 0 Å². The van der Waals surface area contributed by atoms with E-state index < -0.39 is 0 Å². The molecule has 0 aliphatic rings. The summed E-state index contributed by atoms with van der Waals surface area (Å²) in [6.07, 6.45) is 4.77. The average Bonchev–Trinajstić information content (AvgIpc) is 2.56. The highest BCUT2D eigenvalue weighted by Gasteiger charge is 2.13. The first-order valence-corrected chi connectivity index (χ1v) is 7.06. The molecular weight excluding hydrogens is 264 g/mol. The SMILES string of the molecule is COC(=O)CCCNC(c1ccccc1)c1ccncc1. The maximum absolute atomic E-state index is 11.1. The molecule has 2 aromatic rings. The summed E-state index contributed by atoms with van der Waals surface area (Å²) < 4.78 is 4.65. The number of hydrogen-bond donors (Lipinski definition) is 1. The average molecular weight is 284 g/mol. The Bertz CT molecular complexity index is 504. The van der Waals surface area contributed by atoms with Gasteiger partial charge in [0.15, 0.2) is 0 Å². The molecule has 21 heavy (non-hydrogen) atoms. The largest absolute Gasteiger partial charge is 0.469 e. The Hall–Kier alpha value is -2.20.